The largest absolute Gasteiger partial charge is 0.461 e. The van der Waals surface area contributed by atoms with Crippen LogP contribution in [0, 0.1) is 5.82 Å². The predicted octanol–water partition coefficient (Wildman–Crippen LogP) is 4.11. The third-order valence-corrected chi connectivity index (χ3v) is 7.08. The number of hydrogen-bond acceptors (Lipinski definition) is 7. The molecule has 0 saturated heterocycles. The molecule has 2 N–H and O–H groups in total. The molecule has 182 valence electrons. The van der Waals surface area contributed by atoms with Crippen LogP contribution in [0.1, 0.15) is 41.2 Å². The fourth-order valence-electron chi connectivity index (χ4n) is 3.69. The van der Waals surface area contributed by atoms with E-state index in [1.54, 1.807) is 41.3 Å². The summed E-state index contributed by atoms with van der Waals surface area (Å²) in [6, 6.07) is 12.4. The Balaban J connectivity index is 1.81. The van der Waals surface area contributed by atoms with Crippen LogP contribution in [0.2, 0.25) is 0 Å². The average molecular weight is 515 g/mol. The maximum Gasteiger partial charge on any atom is 0.357 e. The van der Waals surface area contributed by atoms with Crippen LogP contribution in [0.5, 0.6) is 0 Å². The van der Waals surface area contributed by atoms with E-state index in [0.717, 1.165) is 22.4 Å². The van der Waals surface area contributed by atoms with Crippen molar-refractivity contribution >= 4 is 27.3 Å². The maximum absolute atomic E-state index is 13.6. The van der Waals surface area contributed by atoms with Gasteiger partial charge in [0.25, 0.3) is 0 Å². The summed E-state index contributed by atoms with van der Waals surface area (Å²) in [7, 11) is -3.80. The Bertz CT molecular complexity index is 1460. The summed E-state index contributed by atoms with van der Waals surface area (Å²) in [6.45, 7) is 3.96. The number of rotatable bonds is 8. The highest BCUT2D eigenvalue weighted by molar-refractivity contribution is 7.89. The van der Waals surface area contributed by atoms with E-state index in [0.29, 0.717) is 23.7 Å². The minimum absolute atomic E-state index is 0.0284. The van der Waals surface area contributed by atoms with Crippen molar-refractivity contribution < 1.29 is 22.3 Å². The fourth-order valence-corrected chi connectivity index (χ4v) is 4.98. The SMILES string of the molecule is CCOC(=O)c1csc(-n2nc(-c3ccc(F)cc3)c(Cc3ccc(S(N)(=O)=O)cc3)c2CC)n1. The quantitative estimate of drug-likeness (QED) is 0.354. The molecule has 0 saturated carbocycles. The first kappa shape index (κ1) is 24.7. The number of aromatic nitrogens is 3. The number of benzene rings is 2. The van der Waals surface area contributed by atoms with Gasteiger partial charge in [0.15, 0.2) is 5.69 Å². The molecule has 4 aromatic rings. The second-order valence-corrected chi connectivity index (χ2v) is 10.0. The highest BCUT2D eigenvalue weighted by Gasteiger charge is 2.22. The highest BCUT2D eigenvalue weighted by Crippen LogP contribution is 2.31. The number of nitrogens with zero attached hydrogens (tertiary/aromatic N) is 3. The lowest BCUT2D eigenvalue weighted by Crippen LogP contribution is -2.11. The third-order valence-electron chi connectivity index (χ3n) is 5.33. The van der Waals surface area contributed by atoms with Crippen LogP contribution in [0.25, 0.3) is 16.4 Å². The normalized spacial score (nSPS) is 11.5. The Morgan fingerprint density at radius 3 is 2.40 bits per heavy atom. The molecule has 11 heteroatoms. The third kappa shape index (κ3) is 5.31. The molecule has 0 amide bonds. The number of sulfonamides is 1. The Kier molecular flexibility index (Phi) is 7.10. The average Bonchev–Trinajstić information content (AvgIpc) is 3.45. The zero-order chi connectivity index (χ0) is 25.2. The van der Waals surface area contributed by atoms with Gasteiger partial charge in [0, 0.05) is 22.9 Å². The number of carbonyl (C=O) groups is 1. The molecule has 0 atom stereocenters. The number of hydrogen-bond donors (Lipinski definition) is 1. The first-order chi connectivity index (χ1) is 16.7. The molecule has 0 radical (unpaired) electrons. The summed E-state index contributed by atoms with van der Waals surface area (Å²) in [5.41, 5.74) is 4.16. The summed E-state index contributed by atoms with van der Waals surface area (Å²) in [5, 5.41) is 12.1. The number of carbonyl (C=O) groups excluding carboxylic acids is 1. The minimum atomic E-state index is -3.80. The molecular weight excluding hydrogens is 491 g/mol. The van der Waals surface area contributed by atoms with Crippen LogP contribution in [-0.4, -0.2) is 35.8 Å². The molecule has 4 rings (SSSR count). The zero-order valence-electron chi connectivity index (χ0n) is 19.1. The Morgan fingerprint density at radius 2 is 1.80 bits per heavy atom. The van der Waals surface area contributed by atoms with Gasteiger partial charge < -0.3 is 4.74 Å². The standard InChI is InChI=1S/C24H23FN4O4S2/c1-3-21-19(13-15-5-11-18(12-6-15)35(26,31)32)22(16-7-9-17(25)10-8-16)28-29(21)24-27-20(14-34-24)23(30)33-4-2/h5-12,14H,3-4,13H2,1-2H3,(H2,26,31,32). The molecule has 8 nitrogen and oxygen atoms in total. The summed E-state index contributed by atoms with van der Waals surface area (Å²) >= 11 is 1.26. The Morgan fingerprint density at radius 1 is 1.11 bits per heavy atom. The van der Waals surface area contributed by atoms with E-state index in [2.05, 4.69) is 4.98 Å². The van der Waals surface area contributed by atoms with Crippen molar-refractivity contribution in [1.82, 2.24) is 14.8 Å². The van der Waals surface area contributed by atoms with E-state index < -0.39 is 16.0 Å². The predicted molar refractivity (Wildman–Crippen MR) is 131 cm³/mol. The molecule has 2 heterocycles. The van der Waals surface area contributed by atoms with Crippen molar-refractivity contribution in [3.8, 4) is 16.4 Å². The number of thiazole rings is 1. The molecule has 2 aromatic carbocycles. The van der Waals surface area contributed by atoms with Crippen molar-refractivity contribution in [2.75, 3.05) is 6.61 Å². The van der Waals surface area contributed by atoms with Crippen LogP contribution in [0.3, 0.4) is 0 Å². The van der Waals surface area contributed by atoms with Crippen LogP contribution in [0.15, 0.2) is 58.8 Å². The monoisotopic (exact) mass is 514 g/mol. The van der Waals surface area contributed by atoms with Gasteiger partial charge in [-0.3, -0.25) is 0 Å². The smallest absolute Gasteiger partial charge is 0.357 e. The van der Waals surface area contributed by atoms with E-state index in [1.165, 1.54) is 35.6 Å². The lowest BCUT2D eigenvalue weighted by molar-refractivity contribution is 0.0520. The van der Waals surface area contributed by atoms with Gasteiger partial charge >= 0.3 is 5.97 Å². The van der Waals surface area contributed by atoms with Crippen LogP contribution < -0.4 is 5.14 Å². The summed E-state index contributed by atoms with van der Waals surface area (Å²) < 4.78 is 43.6. The number of halogens is 1. The van der Waals surface area contributed by atoms with Crippen LogP contribution >= 0.6 is 11.3 Å². The molecule has 0 spiro atoms. The van der Waals surface area contributed by atoms with E-state index in [1.807, 2.05) is 6.92 Å². The lowest BCUT2D eigenvalue weighted by atomic mass is 9.98. The van der Waals surface area contributed by atoms with Crippen molar-refractivity contribution in [3.05, 3.63) is 82.2 Å². The molecule has 0 aliphatic rings. The van der Waals surface area contributed by atoms with Gasteiger partial charge in [0.2, 0.25) is 15.2 Å². The van der Waals surface area contributed by atoms with E-state index in [4.69, 9.17) is 15.0 Å². The summed E-state index contributed by atoms with van der Waals surface area (Å²) in [5.74, 6) is -0.864. The Labute approximate surface area is 206 Å². The van der Waals surface area contributed by atoms with Gasteiger partial charge in [-0.25, -0.2) is 32.4 Å². The first-order valence-corrected chi connectivity index (χ1v) is 13.2. The van der Waals surface area contributed by atoms with Gasteiger partial charge in [-0.15, -0.1) is 11.3 Å². The molecule has 0 aliphatic carbocycles. The first-order valence-electron chi connectivity index (χ1n) is 10.8. The molecule has 0 bridgehead atoms. The molecular formula is C24H23FN4O4S2. The second kappa shape index (κ2) is 10.1. The van der Waals surface area contributed by atoms with E-state index in [-0.39, 0.29) is 23.0 Å². The van der Waals surface area contributed by atoms with Gasteiger partial charge in [0.1, 0.15) is 5.82 Å². The number of primary sulfonamides is 1. The summed E-state index contributed by atoms with van der Waals surface area (Å²) in [4.78, 5) is 16.6. The van der Waals surface area contributed by atoms with Crippen LogP contribution in [-0.2, 0) is 27.6 Å². The fraction of sp³-hybridized carbons (Fsp3) is 0.208. The van der Waals surface area contributed by atoms with Gasteiger partial charge in [-0.05, 0) is 55.3 Å². The van der Waals surface area contributed by atoms with Crippen molar-refractivity contribution in [1.29, 1.82) is 0 Å². The number of esters is 1. The maximum atomic E-state index is 13.6. The molecule has 0 unspecified atom stereocenters. The lowest BCUT2D eigenvalue weighted by Gasteiger charge is -2.08. The molecule has 35 heavy (non-hydrogen) atoms. The highest BCUT2D eigenvalue weighted by atomic mass is 32.2. The molecule has 0 aliphatic heterocycles. The molecule has 0 fully saturated rings. The van der Waals surface area contributed by atoms with Gasteiger partial charge in [-0.2, -0.15) is 5.10 Å². The van der Waals surface area contributed by atoms with Crippen molar-refractivity contribution in [2.24, 2.45) is 5.14 Å². The second-order valence-electron chi connectivity index (χ2n) is 7.65. The molecule has 2 aromatic heterocycles. The minimum Gasteiger partial charge on any atom is -0.461 e. The van der Waals surface area contributed by atoms with Crippen molar-refractivity contribution in [2.45, 2.75) is 31.6 Å². The zero-order valence-corrected chi connectivity index (χ0v) is 20.7. The summed E-state index contributed by atoms with van der Waals surface area (Å²) in [6.07, 6.45) is 1.05. The van der Waals surface area contributed by atoms with Crippen molar-refractivity contribution in [3.63, 3.8) is 0 Å². The van der Waals surface area contributed by atoms with E-state index in [9.17, 15) is 17.6 Å². The number of nitrogens with two attached hydrogens (primary N) is 1. The Hall–Kier alpha value is -3.41. The van der Waals surface area contributed by atoms with Crippen LogP contribution in [0.4, 0.5) is 4.39 Å². The van der Waals surface area contributed by atoms with Gasteiger partial charge in [0.05, 0.1) is 22.9 Å². The topological polar surface area (TPSA) is 117 Å². The number of ether oxygens (including phenoxy) is 1. The van der Waals surface area contributed by atoms with E-state index >= 15 is 0 Å². The van der Waals surface area contributed by atoms with Gasteiger partial charge in [-0.1, -0.05) is 19.1 Å².